The summed E-state index contributed by atoms with van der Waals surface area (Å²) in [5.74, 6) is 0.893. The van der Waals surface area contributed by atoms with Gasteiger partial charge in [-0.2, -0.15) is 0 Å². The van der Waals surface area contributed by atoms with E-state index < -0.39 is 0 Å². The Morgan fingerprint density at radius 2 is 2.10 bits per heavy atom. The molecule has 21 heavy (non-hydrogen) atoms. The molecule has 1 N–H and O–H groups in total. The molecule has 0 spiro atoms. The van der Waals surface area contributed by atoms with Crippen LogP contribution < -0.4 is 5.32 Å². The number of hydrogen-bond acceptors (Lipinski definition) is 4. The zero-order chi connectivity index (χ0) is 15.4. The van der Waals surface area contributed by atoms with Crippen LogP contribution in [0.15, 0.2) is 22.0 Å². The molecule has 0 aliphatic carbocycles. The first-order valence-electron chi connectivity index (χ1n) is 7.35. The lowest BCUT2D eigenvalue weighted by Crippen LogP contribution is -2.33. The van der Waals surface area contributed by atoms with Crippen LogP contribution in [-0.4, -0.2) is 11.1 Å². The van der Waals surface area contributed by atoms with E-state index >= 15 is 0 Å². The van der Waals surface area contributed by atoms with Gasteiger partial charge in [-0.25, -0.2) is 0 Å². The summed E-state index contributed by atoms with van der Waals surface area (Å²) in [4.78, 5) is 13.8. The van der Waals surface area contributed by atoms with E-state index in [1.54, 1.807) is 25.2 Å². The molecule has 1 amide bonds. The number of nitrogens with zero attached hydrogens (tertiary/aromatic N) is 1. The highest BCUT2D eigenvalue weighted by Gasteiger charge is 2.26. The number of amides is 1. The number of aryl methyl sites for hydroxylation is 2. The van der Waals surface area contributed by atoms with Crippen molar-refractivity contribution < 1.29 is 9.32 Å². The summed E-state index contributed by atoms with van der Waals surface area (Å²) < 4.78 is 5.09. The van der Waals surface area contributed by atoms with Crippen molar-refractivity contribution in [2.24, 2.45) is 5.92 Å². The first-order chi connectivity index (χ1) is 10.1. The third-order valence-electron chi connectivity index (χ3n) is 3.92. The van der Waals surface area contributed by atoms with Crippen LogP contribution in [0.2, 0.25) is 0 Å². The summed E-state index contributed by atoms with van der Waals surface area (Å²) in [6.07, 6.45) is 2.06. The van der Waals surface area contributed by atoms with E-state index in [0.29, 0.717) is 22.9 Å². The molecule has 0 aliphatic heterocycles. The van der Waals surface area contributed by atoms with Gasteiger partial charge in [0.2, 0.25) is 0 Å². The summed E-state index contributed by atoms with van der Waals surface area (Å²) in [6.45, 7) is 7.89. The number of aromatic nitrogens is 1. The van der Waals surface area contributed by atoms with Crippen molar-refractivity contribution in [3.63, 3.8) is 0 Å². The first-order valence-corrected chi connectivity index (χ1v) is 8.23. The van der Waals surface area contributed by atoms with E-state index in [-0.39, 0.29) is 11.9 Å². The second-order valence-corrected chi connectivity index (χ2v) is 6.22. The molecule has 1 atom stereocenters. The Morgan fingerprint density at radius 3 is 2.57 bits per heavy atom. The maximum Gasteiger partial charge on any atom is 0.257 e. The van der Waals surface area contributed by atoms with Crippen LogP contribution in [0.5, 0.6) is 0 Å². The molecule has 114 valence electrons. The van der Waals surface area contributed by atoms with Gasteiger partial charge in [0.15, 0.2) is 0 Å². The van der Waals surface area contributed by atoms with Crippen LogP contribution in [-0.2, 0) is 0 Å². The molecule has 1 unspecified atom stereocenters. The van der Waals surface area contributed by atoms with Gasteiger partial charge in [0, 0.05) is 4.88 Å². The zero-order valence-corrected chi connectivity index (χ0v) is 13.8. The molecule has 4 nitrogen and oxygen atoms in total. The molecule has 0 aromatic carbocycles. The third kappa shape index (κ3) is 3.35. The predicted octanol–water partition coefficient (Wildman–Crippen LogP) is 4.26. The van der Waals surface area contributed by atoms with Crippen LogP contribution in [0.1, 0.15) is 59.4 Å². The minimum absolute atomic E-state index is 0.0428. The fourth-order valence-electron chi connectivity index (χ4n) is 2.67. The largest absolute Gasteiger partial charge is 0.361 e. The Morgan fingerprint density at radius 1 is 1.38 bits per heavy atom. The van der Waals surface area contributed by atoms with Gasteiger partial charge in [0.05, 0.1) is 11.7 Å². The Hall–Kier alpha value is -1.62. The lowest BCUT2D eigenvalue weighted by atomic mass is 9.92. The van der Waals surface area contributed by atoms with Crippen LogP contribution in [0, 0.1) is 19.8 Å². The van der Waals surface area contributed by atoms with E-state index in [1.165, 1.54) is 4.88 Å². The molecular formula is C16H22N2O2S. The second kappa shape index (κ2) is 6.89. The Bertz CT molecular complexity index is 566. The highest BCUT2D eigenvalue weighted by atomic mass is 32.1. The maximum atomic E-state index is 12.6. The molecule has 2 aromatic rings. The lowest BCUT2D eigenvalue weighted by Gasteiger charge is -2.25. The maximum absolute atomic E-state index is 12.6. The Labute approximate surface area is 129 Å². The highest BCUT2D eigenvalue weighted by Crippen LogP contribution is 2.31. The number of rotatable bonds is 6. The minimum atomic E-state index is -0.100. The summed E-state index contributed by atoms with van der Waals surface area (Å²) >= 11 is 1.68. The van der Waals surface area contributed by atoms with Gasteiger partial charge in [0.1, 0.15) is 11.3 Å². The van der Waals surface area contributed by atoms with Crippen LogP contribution in [0.3, 0.4) is 0 Å². The third-order valence-corrected chi connectivity index (χ3v) is 4.87. The zero-order valence-electron chi connectivity index (χ0n) is 13.0. The molecule has 0 bridgehead atoms. The van der Waals surface area contributed by atoms with Crippen molar-refractivity contribution in [1.29, 1.82) is 0 Å². The average molecular weight is 306 g/mol. The number of hydrogen-bond donors (Lipinski definition) is 1. The lowest BCUT2D eigenvalue weighted by molar-refractivity contribution is 0.0918. The van der Waals surface area contributed by atoms with Crippen molar-refractivity contribution in [3.8, 4) is 0 Å². The van der Waals surface area contributed by atoms with Crippen LogP contribution in [0.4, 0.5) is 0 Å². The fourth-order valence-corrected chi connectivity index (χ4v) is 3.54. The number of carbonyl (C=O) groups excluding carboxylic acids is 1. The van der Waals surface area contributed by atoms with E-state index in [2.05, 4.69) is 30.4 Å². The number of nitrogens with one attached hydrogen (secondary N) is 1. The first kappa shape index (κ1) is 15.8. The van der Waals surface area contributed by atoms with Crippen molar-refractivity contribution in [2.75, 3.05) is 0 Å². The smallest absolute Gasteiger partial charge is 0.257 e. The summed E-state index contributed by atoms with van der Waals surface area (Å²) in [5, 5.41) is 9.08. The standard InChI is InChI=1S/C16H22N2O2S/c1-5-12(6-2)15(13-8-7-9-21-13)17-16(19)14-10(3)18-20-11(14)4/h7-9,12,15H,5-6H2,1-4H3,(H,17,19). The molecular weight excluding hydrogens is 284 g/mol. The topological polar surface area (TPSA) is 55.1 Å². The molecule has 5 heteroatoms. The Balaban J connectivity index is 2.25. The second-order valence-electron chi connectivity index (χ2n) is 5.24. The van der Waals surface area contributed by atoms with E-state index in [1.807, 2.05) is 11.4 Å². The molecule has 0 aliphatic rings. The van der Waals surface area contributed by atoms with E-state index in [4.69, 9.17) is 4.52 Å². The molecule has 0 fully saturated rings. The van der Waals surface area contributed by atoms with Gasteiger partial charge in [-0.15, -0.1) is 11.3 Å². The van der Waals surface area contributed by atoms with Gasteiger partial charge in [0.25, 0.3) is 5.91 Å². The van der Waals surface area contributed by atoms with Gasteiger partial charge in [-0.1, -0.05) is 37.9 Å². The molecule has 0 radical (unpaired) electrons. The van der Waals surface area contributed by atoms with Crippen LogP contribution >= 0.6 is 11.3 Å². The predicted molar refractivity (Wildman–Crippen MR) is 84.6 cm³/mol. The summed E-state index contributed by atoms with van der Waals surface area (Å²) in [5.41, 5.74) is 1.20. The van der Waals surface area contributed by atoms with Crippen molar-refractivity contribution >= 4 is 17.2 Å². The summed E-state index contributed by atoms with van der Waals surface area (Å²) in [6, 6.07) is 4.15. The van der Waals surface area contributed by atoms with Crippen molar-refractivity contribution in [3.05, 3.63) is 39.4 Å². The SMILES string of the molecule is CCC(CC)C(NC(=O)c1c(C)noc1C)c1cccs1. The van der Waals surface area contributed by atoms with Gasteiger partial charge in [-0.05, 0) is 31.2 Å². The van der Waals surface area contributed by atoms with Crippen molar-refractivity contribution in [1.82, 2.24) is 10.5 Å². The number of thiophene rings is 1. The molecule has 2 aromatic heterocycles. The normalized spacial score (nSPS) is 12.6. The van der Waals surface area contributed by atoms with E-state index in [9.17, 15) is 4.79 Å². The van der Waals surface area contributed by atoms with Gasteiger partial charge >= 0.3 is 0 Å². The molecule has 0 saturated heterocycles. The molecule has 0 saturated carbocycles. The molecule has 2 heterocycles. The monoisotopic (exact) mass is 306 g/mol. The summed E-state index contributed by atoms with van der Waals surface area (Å²) in [7, 11) is 0. The van der Waals surface area contributed by atoms with Crippen molar-refractivity contribution in [2.45, 2.75) is 46.6 Å². The quantitative estimate of drug-likeness (QED) is 0.867. The fraction of sp³-hybridized carbons (Fsp3) is 0.500. The highest BCUT2D eigenvalue weighted by molar-refractivity contribution is 7.10. The molecule has 2 rings (SSSR count). The van der Waals surface area contributed by atoms with Gasteiger partial charge in [-0.3, -0.25) is 4.79 Å². The van der Waals surface area contributed by atoms with Crippen LogP contribution in [0.25, 0.3) is 0 Å². The minimum Gasteiger partial charge on any atom is -0.361 e. The number of carbonyl (C=O) groups is 1. The Kier molecular flexibility index (Phi) is 5.17. The average Bonchev–Trinajstić information content (AvgIpc) is 3.09. The van der Waals surface area contributed by atoms with Gasteiger partial charge < -0.3 is 9.84 Å². The van der Waals surface area contributed by atoms with E-state index in [0.717, 1.165) is 12.8 Å².